The molecular weight excluding hydrogens is 272 g/mol. The normalized spacial score (nSPS) is 15.1. The number of anilines is 1. The summed E-state index contributed by atoms with van der Waals surface area (Å²) in [4.78, 5) is 0.196. The molecule has 0 spiro atoms. The SMILES string of the molecule is CNc1ccccc1S(=O)(=O)NC(C)CS(C)=O. The van der Waals surface area contributed by atoms with Crippen molar-refractivity contribution in [3.05, 3.63) is 24.3 Å². The average molecular weight is 290 g/mol. The molecule has 1 rings (SSSR count). The minimum atomic E-state index is -3.59. The Labute approximate surface area is 110 Å². The van der Waals surface area contributed by atoms with E-state index in [1.807, 2.05) is 0 Å². The molecule has 1 aromatic carbocycles. The molecule has 0 aliphatic carbocycles. The van der Waals surface area contributed by atoms with Crippen LogP contribution in [0.25, 0.3) is 0 Å². The van der Waals surface area contributed by atoms with Gasteiger partial charge in [0.05, 0.1) is 5.69 Å². The van der Waals surface area contributed by atoms with Crippen LogP contribution in [-0.4, -0.2) is 37.7 Å². The third-order valence-electron chi connectivity index (χ3n) is 2.29. The molecule has 0 aliphatic rings. The van der Waals surface area contributed by atoms with Gasteiger partial charge in [0.25, 0.3) is 0 Å². The Morgan fingerprint density at radius 3 is 2.50 bits per heavy atom. The maximum atomic E-state index is 12.2. The fraction of sp³-hybridized carbons (Fsp3) is 0.455. The molecule has 2 N–H and O–H groups in total. The quantitative estimate of drug-likeness (QED) is 0.811. The Hall–Kier alpha value is -0.920. The van der Waals surface area contributed by atoms with Crippen LogP contribution in [0.1, 0.15) is 6.92 Å². The lowest BCUT2D eigenvalue weighted by Gasteiger charge is -2.15. The maximum absolute atomic E-state index is 12.2. The second-order valence-electron chi connectivity index (χ2n) is 4.01. The number of nitrogens with one attached hydrogen (secondary N) is 2. The third-order valence-corrected chi connectivity index (χ3v) is 4.90. The number of benzene rings is 1. The number of rotatable bonds is 6. The van der Waals surface area contributed by atoms with Crippen LogP contribution in [-0.2, 0) is 20.8 Å². The average Bonchev–Trinajstić information content (AvgIpc) is 2.27. The van der Waals surface area contributed by atoms with Crippen LogP contribution in [0.5, 0.6) is 0 Å². The van der Waals surface area contributed by atoms with E-state index in [4.69, 9.17) is 0 Å². The molecule has 2 unspecified atom stereocenters. The zero-order valence-corrected chi connectivity index (χ0v) is 12.3. The summed E-state index contributed by atoms with van der Waals surface area (Å²) in [6.45, 7) is 1.70. The number of para-hydroxylation sites is 1. The van der Waals surface area contributed by atoms with Crippen molar-refractivity contribution in [1.29, 1.82) is 0 Å². The molecule has 0 amide bonds. The smallest absolute Gasteiger partial charge is 0.242 e. The van der Waals surface area contributed by atoms with Gasteiger partial charge in [0, 0.05) is 35.9 Å². The molecule has 0 heterocycles. The molecule has 0 saturated carbocycles. The molecule has 0 aliphatic heterocycles. The lowest BCUT2D eigenvalue weighted by atomic mass is 10.3. The standard InChI is InChI=1S/C11H18N2O3S2/c1-9(8-17(3)14)13-18(15,16)11-7-5-4-6-10(11)12-2/h4-7,9,12-13H,8H2,1-3H3. The molecule has 7 heteroatoms. The Morgan fingerprint density at radius 2 is 1.94 bits per heavy atom. The first-order valence-electron chi connectivity index (χ1n) is 5.46. The first kappa shape index (κ1) is 15.1. The van der Waals surface area contributed by atoms with E-state index in [-0.39, 0.29) is 10.9 Å². The van der Waals surface area contributed by atoms with Crippen LogP contribution in [0.15, 0.2) is 29.2 Å². The minimum Gasteiger partial charge on any atom is -0.387 e. The number of hydrogen-bond acceptors (Lipinski definition) is 4. The van der Waals surface area contributed by atoms with Crippen molar-refractivity contribution in [3.63, 3.8) is 0 Å². The molecule has 0 fully saturated rings. The molecule has 5 nitrogen and oxygen atoms in total. The van der Waals surface area contributed by atoms with Gasteiger partial charge in [0.2, 0.25) is 10.0 Å². The highest BCUT2D eigenvalue weighted by atomic mass is 32.2. The van der Waals surface area contributed by atoms with Gasteiger partial charge in [-0.15, -0.1) is 0 Å². The summed E-state index contributed by atoms with van der Waals surface area (Å²) in [6.07, 6.45) is 1.55. The van der Waals surface area contributed by atoms with Crippen molar-refractivity contribution in [2.75, 3.05) is 24.4 Å². The van der Waals surface area contributed by atoms with Crippen molar-refractivity contribution >= 4 is 26.5 Å². The van der Waals surface area contributed by atoms with Crippen LogP contribution in [0, 0.1) is 0 Å². The highest BCUT2D eigenvalue weighted by Crippen LogP contribution is 2.20. The third kappa shape index (κ3) is 4.08. The van der Waals surface area contributed by atoms with E-state index < -0.39 is 20.8 Å². The summed E-state index contributed by atoms with van der Waals surface area (Å²) >= 11 is 0. The van der Waals surface area contributed by atoms with Gasteiger partial charge in [-0.1, -0.05) is 12.1 Å². The maximum Gasteiger partial charge on any atom is 0.242 e. The molecule has 0 radical (unpaired) electrons. The molecule has 18 heavy (non-hydrogen) atoms. The Kier molecular flexibility index (Phi) is 5.30. The van der Waals surface area contributed by atoms with Crippen molar-refractivity contribution in [1.82, 2.24) is 4.72 Å². The zero-order valence-electron chi connectivity index (χ0n) is 10.6. The van der Waals surface area contributed by atoms with E-state index in [0.717, 1.165) is 0 Å². The largest absolute Gasteiger partial charge is 0.387 e. The second kappa shape index (κ2) is 6.31. The van der Waals surface area contributed by atoms with Gasteiger partial charge in [-0.25, -0.2) is 13.1 Å². The van der Waals surface area contributed by atoms with Gasteiger partial charge in [-0.2, -0.15) is 0 Å². The molecule has 0 aromatic heterocycles. The topological polar surface area (TPSA) is 75.3 Å². The molecule has 0 bridgehead atoms. The Bertz CT molecular complexity index is 529. The fourth-order valence-corrected chi connectivity index (χ4v) is 3.97. The first-order chi connectivity index (χ1) is 8.36. The molecule has 102 valence electrons. The van der Waals surface area contributed by atoms with E-state index >= 15 is 0 Å². The Balaban J connectivity index is 2.96. The molecular formula is C11H18N2O3S2. The van der Waals surface area contributed by atoms with Crippen molar-refractivity contribution in [2.24, 2.45) is 0 Å². The lowest BCUT2D eigenvalue weighted by Crippen LogP contribution is -2.36. The number of hydrogen-bond donors (Lipinski definition) is 2. The van der Waals surface area contributed by atoms with Crippen LogP contribution >= 0.6 is 0 Å². The van der Waals surface area contributed by atoms with E-state index in [2.05, 4.69) is 10.0 Å². The van der Waals surface area contributed by atoms with Gasteiger partial charge in [-0.3, -0.25) is 4.21 Å². The summed E-state index contributed by atoms with van der Waals surface area (Å²) in [7, 11) is -2.97. The first-order valence-corrected chi connectivity index (χ1v) is 8.67. The predicted molar refractivity (Wildman–Crippen MR) is 74.7 cm³/mol. The monoisotopic (exact) mass is 290 g/mol. The van der Waals surface area contributed by atoms with Crippen molar-refractivity contribution in [2.45, 2.75) is 17.9 Å². The van der Waals surface area contributed by atoms with E-state index in [1.54, 1.807) is 38.4 Å². The van der Waals surface area contributed by atoms with Crippen LogP contribution in [0.3, 0.4) is 0 Å². The number of sulfonamides is 1. The molecule has 1 aromatic rings. The van der Waals surface area contributed by atoms with E-state index in [1.165, 1.54) is 6.07 Å². The van der Waals surface area contributed by atoms with E-state index in [0.29, 0.717) is 11.4 Å². The molecule has 2 atom stereocenters. The van der Waals surface area contributed by atoms with Crippen LogP contribution < -0.4 is 10.0 Å². The summed E-state index contributed by atoms with van der Waals surface area (Å²) < 4.78 is 37.9. The van der Waals surface area contributed by atoms with Crippen molar-refractivity contribution in [3.8, 4) is 0 Å². The molecule has 0 saturated heterocycles. The summed E-state index contributed by atoms with van der Waals surface area (Å²) in [5.74, 6) is 0.293. The predicted octanol–water partition coefficient (Wildman–Crippen LogP) is 0.774. The zero-order chi connectivity index (χ0) is 13.8. The van der Waals surface area contributed by atoms with Gasteiger partial charge in [0.1, 0.15) is 4.90 Å². The second-order valence-corrected chi connectivity index (χ2v) is 7.17. The highest BCUT2D eigenvalue weighted by molar-refractivity contribution is 7.89. The lowest BCUT2D eigenvalue weighted by molar-refractivity contribution is 0.570. The van der Waals surface area contributed by atoms with Crippen molar-refractivity contribution < 1.29 is 12.6 Å². The van der Waals surface area contributed by atoms with E-state index in [9.17, 15) is 12.6 Å². The summed E-state index contributed by atoms with van der Waals surface area (Å²) in [5, 5.41) is 2.84. The Morgan fingerprint density at radius 1 is 1.33 bits per heavy atom. The fourth-order valence-electron chi connectivity index (χ4n) is 1.62. The van der Waals surface area contributed by atoms with Crippen LogP contribution in [0.2, 0.25) is 0 Å². The summed E-state index contributed by atoms with van der Waals surface area (Å²) in [5.41, 5.74) is 0.537. The van der Waals surface area contributed by atoms with Gasteiger partial charge >= 0.3 is 0 Å². The van der Waals surface area contributed by atoms with Crippen LogP contribution in [0.4, 0.5) is 5.69 Å². The minimum absolute atomic E-state index is 0.196. The van der Waals surface area contributed by atoms with Gasteiger partial charge < -0.3 is 5.32 Å². The van der Waals surface area contributed by atoms with Gasteiger partial charge in [-0.05, 0) is 19.1 Å². The highest BCUT2D eigenvalue weighted by Gasteiger charge is 2.20. The summed E-state index contributed by atoms with van der Waals surface area (Å²) in [6, 6.07) is 6.28. The van der Waals surface area contributed by atoms with Gasteiger partial charge in [0.15, 0.2) is 0 Å².